The second kappa shape index (κ2) is 9.80. The zero-order valence-electron chi connectivity index (χ0n) is 16.7. The average Bonchev–Trinajstić information content (AvgIpc) is 2.78. The average molecular weight is 419 g/mol. The summed E-state index contributed by atoms with van der Waals surface area (Å²) in [4.78, 5) is 18.0. The number of hydrogen-bond acceptors (Lipinski definition) is 5. The number of carbonyl (C=O) groups excluding carboxylic acids is 1. The van der Waals surface area contributed by atoms with Gasteiger partial charge in [0, 0.05) is 22.2 Å². The molecule has 0 aliphatic heterocycles. The van der Waals surface area contributed by atoms with Crippen molar-refractivity contribution >= 4 is 23.5 Å². The quantitative estimate of drug-likeness (QED) is 0.138. The van der Waals surface area contributed by atoms with Crippen LogP contribution in [0.4, 0.5) is 0 Å². The van der Waals surface area contributed by atoms with Crippen LogP contribution in [0.1, 0.15) is 27.2 Å². The molecule has 0 fully saturated rings. The van der Waals surface area contributed by atoms with Crippen molar-refractivity contribution < 1.29 is 4.79 Å². The van der Waals surface area contributed by atoms with E-state index in [2.05, 4.69) is 20.6 Å². The normalized spacial score (nSPS) is 10.9. The summed E-state index contributed by atoms with van der Waals surface area (Å²) >= 11 is 1.62. The van der Waals surface area contributed by atoms with E-state index in [1.165, 1.54) is 0 Å². The van der Waals surface area contributed by atoms with Crippen LogP contribution in [-0.4, -0.2) is 23.0 Å². The third-order valence-electron chi connectivity index (χ3n) is 4.54. The second-order valence-corrected chi connectivity index (χ2v) is 7.40. The Labute approximate surface area is 179 Å². The van der Waals surface area contributed by atoms with Crippen LogP contribution in [0.2, 0.25) is 0 Å². The molecule has 4 N–H and O–H groups in total. The third kappa shape index (κ3) is 5.09. The summed E-state index contributed by atoms with van der Waals surface area (Å²) in [5.74, 6) is 4.88. The van der Waals surface area contributed by atoms with E-state index in [0.717, 1.165) is 27.3 Å². The van der Waals surface area contributed by atoms with Gasteiger partial charge in [-0.3, -0.25) is 15.2 Å². The first-order valence-corrected chi connectivity index (χ1v) is 10.4. The van der Waals surface area contributed by atoms with Gasteiger partial charge in [-0.15, -0.1) is 16.9 Å². The van der Waals surface area contributed by atoms with Crippen LogP contribution in [0.3, 0.4) is 0 Å². The molecule has 1 aromatic heterocycles. The Morgan fingerprint density at radius 1 is 1.13 bits per heavy atom. The summed E-state index contributed by atoms with van der Waals surface area (Å²) in [6.07, 6.45) is 3.70. The number of nitrogens with two attached hydrogens (primary N) is 1. The van der Waals surface area contributed by atoms with E-state index in [1.54, 1.807) is 24.0 Å². The van der Waals surface area contributed by atoms with Gasteiger partial charge in [-0.2, -0.15) is 0 Å². The summed E-state index contributed by atoms with van der Waals surface area (Å²) in [6.45, 7) is 2.34. The number of hydrogen-bond donors (Lipinski definition) is 3. The summed E-state index contributed by atoms with van der Waals surface area (Å²) in [5, 5.41) is 17.5. The van der Waals surface area contributed by atoms with E-state index in [-0.39, 0.29) is 11.7 Å². The Hall–Kier alpha value is -3.52. The number of nitrogens with zero attached hydrogens (tertiary/aromatic N) is 3. The number of aryl methyl sites for hydroxylation is 1. The fourth-order valence-electron chi connectivity index (χ4n) is 2.95. The van der Waals surface area contributed by atoms with Gasteiger partial charge >= 0.3 is 0 Å². The van der Waals surface area contributed by atoms with Crippen LogP contribution >= 0.6 is 11.8 Å². The first kappa shape index (κ1) is 21.2. The zero-order chi connectivity index (χ0) is 21.5. The van der Waals surface area contributed by atoms with Gasteiger partial charge in [-0.25, -0.2) is 0 Å². The minimum atomic E-state index is -0.139. The molecule has 0 aliphatic rings. The predicted octanol–water partition coefficient (Wildman–Crippen LogP) is 4.36. The first-order valence-electron chi connectivity index (χ1n) is 9.20. The lowest BCUT2D eigenvalue weighted by Gasteiger charge is -2.09. The van der Waals surface area contributed by atoms with Gasteiger partial charge in [-0.05, 0) is 60.2 Å². The van der Waals surface area contributed by atoms with E-state index in [4.69, 9.17) is 11.3 Å². The smallest absolute Gasteiger partial charge is 0.251 e. The monoisotopic (exact) mass is 418 g/mol. The van der Waals surface area contributed by atoms with Gasteiger partial charge in [0.1, 0.15) is 0 Å². The van der Waals surface area contributed by atoms with Gasteiger partial charge in [-0.1, -0.05) is 29.5 Å². The summed E-state index contributed by atoms with van der Waals surface area (Å²) in [5.41, 5.74) is 4.95. The molecule has 0 saturated heterocycles. The number of pyridine rings is 1. The molecular formula is C22H22N6OS. The highest BCUT2D eigenvalue weighted by Gasteiger charge is 2.09. The van der Waals surface area contributed by atoms with Crippen LogP contribution in [0.25, 0.3) is 11.1 Å². The SMILES string of the molecule is CSc1cc(C(=O)NCc2cc(-c3cccc(C(=N)N=NN)c3)ccn2)ccc1C. The minimum absolute atomic E-state index is 0.0106. The molecule has 3 aromatic rings. The van der Waals surface area contributed by atoms with E-state index in [1.807, 2.05) is 61.7 Å². The number of amidine groups is 1. The van der Waals surface area contributed by atoms with Crippen LogP contribution in [0, 0.1) is 12.3 Å². The Morgan fingerprint density at radius 3 is 2.70 bits per heavy atom. The molecule has 7 nitrogen and oxygen atoms in total. The predicted molar refractivity (Wildman–Crippen MR) is 120 cm³/mol. The van der Waals surface area contributed by atoms with Crippen molar-refractivity contribution in [2.45, 2.75) is 18.4 Å². The fourth-order valence-corrected chi connectivity index (χ4v) is 3.58. The highest BCUT2D eigenvalue weighted by molar-refractivity contribution is 7.98. The van der Waals surface area contributed by atoms with Crippen molar-refractivity contribution in [1.82, 2.24) is 10.3 Å². The molecule has 0 saturated carbocycles. The third-order valence-corrected chi connectivity index (χ3v) is 5.42. The molecule has 2 aromatic carbocycles. The van der Waals surface area contributed by atoms with Gasteiger partial charge in [0.25, 0.3) is 5.91 Å². The molecule has 0 aliphatic carbocycles. The lowest BCUT2D eigenvalue weighted by atomic mass is 10.0. The molecule has 0 unspecified atom stereocenters. The number of amides is 1. The number of thioether (sulfide) groups is 1. The number of benzene rings is 2. The van der Waals surface area contributed by atoms with E-state index >= 15 is 0 Å². The van der Waals surface area contributed by atoms with E-state index < -0.39 is 0 Å². The van der Waals surface area contributed by atoms with Gasteiger partial charge < -0.3 is 11.2 Å². The first-order chi connectivity index (χ1) is 14.5. The molecule has 152 valence electrons. The van der Waals surface area contributed by atoms with Crippen LogP contribution in [-0.2, 0) is 6.54 Å². The fraction of sp³-hybridized carbons (Fsp3) is 0.136. The van der Waals surface area contributed by atoms with Crippen molar-refractivity contribution in [3.63, 3.8) is 0 Å². The molecule has 0 radical (unpaired) electrons. The van der Waals surface area contributed by atoms with Crippen LogP contribution < -0.4 is 11.2 Å². The number of carbonyl (C=O) groups is 1. The molecule has 0 spiro atoms. The minimum Gasteiger partial charge on any atom is -0.346 e. The highest BCUT2D eigenvalue weighted by atomic mass is 32.2. The topological polar surface area (TPSA) is 117 Å². The maximum absolute atomic E-state index is 12.5. The molecule has 0 bridgehead atoms. The number of aromatic nitrogens is 1. The summed E-state index contributed by atoms with van der Waals surface area (Å²) < 4.78 is 0. The Bertz CT molecular complexity index is 1110. The van der Waals surface area contributed by atoms with Crippen molar-refractivity contribution in [3.05, 3.63) is 83.2 Å². The maximum atomic E-state index is 12.5. The van der Waals surface area contributed by atoms with E-state index in [0.29, 0.717) is 17.7 Å². The second-order valence-electron chi connectivity index (χ2n) is 6.55. The lowest BCUT2D eigenvalue weighted by molar-refractivity contribution is 0.0950. The molecular weight excluding hydrogens is 396 g/mol. The molecule has 1 heterocycles. The van der Waals surface area contributed by atoms with Gasteiger partial charge in [0.15, 0.2) is 5.84 Å². The van der Waals surface area contributed by atoms with Crippen molar-refractivity contribution in [3.8, 4) is 11.1 Å². The molecule has 1 amide bonds. The molecule has 0 atom stereocenters. The highest BCUT2D eigenvalue weighted by Crippen LogP contribution is 2.22. The summed E-state index contributed by atoms with van der Waals surface area (Å²) in [6, 6.07) is 16.9. The standard InChI is InChI=1S/C22H22N6OS/c1-14-6-7-18(12-20(14)30-2)22(29)26-13-19-11-16(8-9-25-19)15-4-3-5-17(10-15)21(23)27-28-24/h3-12H,13H2,1-2H3,(H,26,29)(H3,23,24,27). The molecule has 30 heavy (non-hydrogen) atoms. The Kier molecular flexibility index (Phi) is 6.92. The van der Waals surface area contributed by atoms with Crippen molar-refractivity contribution in [1.29, 1.82) is 5.41 Å². The van der Waals surface area contributed by atoms with Gasteiger partial charge in [0.05, 0.1) is 12.2 Å². The largest absolute Gasteiger partial charge is 0.346 e. The van der Waals surface area contributed by atoms with Crippen molar-refractivity contribution in [2.24, 2.45) is 16.2 Å². The van der Waals surface area contributed by atoms with Gasteiger partial charge in [0.2, 0.25) is 0 Å². The van der Waals surface area contributed by atoms with Crippen molar-refractivity contribution in [2.75, 3.05) is 6.26 Å². The number of rotatable bonds is 6. The Morgan fingerprint density at radius 2 is 1.93 bits per heavy atom. The molecule has 8 heteroatoms. The van der Waals surface area contributed by atoms with Crippen LogP contribution in [0.5, 0.6) is 0 Å². The van der Waals surface area contributed by atoms with E-state index in [9.17, 15) is 4.79 Å². The Balaban J connectivity index is 1.74. The van der Waals surface area contributed by atoms with Crippen LogP contribution in [0.15, 0.2) is 76.0 Å². The number of nitrogens with one attached hydrogen (secondary N) is 2. The molecule has 3 rings (SSSR count). The zero-order valence-corrected chi connectivity index (χ0v) is 17.5. The maximum Gasteiger partial charge on any atom is 0.251 e. The summed E-state index contributed by atoms with van der Waals surface area (Å²) in [7, 11) is 0. The lowest BCUT2D eigenvalue weighted by Crippen LogP contribution is -2.23.